The Bertz CT molecular complexity index is 361. The Morgan fingerprint density at radius 2 is 1.94 bits per heavy atom. The fourth-order valence-electron chi connectivity index (χ4n) is 1.59. The summed E-state index contributed by atoms with van der Waals surface area (Å²) in [6, 6.07) is 0. The van der Waals surface area contributed by atoms with Crippen molar-refractivity contribution in [2.24, 2.45) is 5.92 Å². The van der Waals surface area contributed by atoms with E-state index in [1.54, 1.807) is 0 Å². The maximum absolute atomic E-state index is 12.3. The highest BCUT2D eigenvalue weighted by Gasteiger charge is 2.35. The first-order chi connectivity index (χ1) is 8.05. The van der Waals surface area contributed by atoms with E-state index in [0.29, 0.717) is 23.8 Å². The fraction of sp³-hybridized carbons (Fsp3) is 0.778. The van der Waals surface area contributed by atoms with Gasteiger partial charge in [0.1, 0.15) is 0 Å². The van der Waals surface area contributed by atoms with Gasteiger partial charge in [0.2, 0.25) is 10.1 Å². The van der Waals surface area contributed by atoms with Gasteiger partial charge in [0.05, 0.1) is 0 Å². The molecule has 0 aromatic carbocycles. The molecule has 0 spiro atoms. The maximum Gasteiger partial charge on any atom is 0.445 e. The van der Waals surface area contributed by atoms with Gasteiger partial charge in [-0.1, -0.05) is 11.3 Å². The number of thioether (sulfide) groups is 1. The number of nitrogens with one attached hydrogen (secondary N) is 1. The first-order valence-electron chi connectivity index (χ1n) is 5.28. The minimum Gasteiger partial charge on any atom is -0.360 e. The highest BCUT2D eigenvalue weighted by atomic mass is 32.2. The Balaban J connectivity index is 1.84. The molecular weight excluding hydrogens is 271 g/mol. The predicted octanol–water partition coefficient (Wildman–Crippen LogP) is 3.11. The molecule has 2 rings (SSSR count). The normalized spacial score (nSPS) is 18.3. The quantitative estimate of drug-likeness (QED) is 0.925. The van der Waals surface area contributed by atoms with Crippen LogP contribution in [0.5, 0.6) is 0 Å². The minimum atomic E-state index is -4.39. The van der Waals surface area contributed by atoms with Gasteiger partial charge in [-0.2, -0.15) is 24.9 Å². The number of hydrogen-bond acceptors (Lipinski definition) is 5. The number of nitrogens with zero attached hydrogens (tertiary/aromatic N) is 2. The van der Waals surface area contributed by atoms with Gasteiger partial charge in [-0.05, 0) is 30.3 Å². The van der Waals surface area contributed by atoms with Crippen LogP contribution in [0.1, 0.15) is 17.8 Å². The number of alkyl halides is 3. The minimum absolute atomic E-state index is 0.260. The van der Waals surface area contributed by atoms with Gasteiger partial charge in [0, 0.05) is 6.54 Å². The van der Waals surface area contributed by atoms with E-state index in [1.165, 1.54) is 0 Å². The molecule has 0 atom stereocenters. The lowest BCUT2D eigenvalue weighted by molar-refractivity contribution is -0.138. The van der Waals surface area contributed by atoms with Crippen LogP contribution < -0.4 is 5.32 Å². The van der Waals surface area contributed by atoms with E-state index in [9.17, 15) is 13.2 Å². The average molecular weight is 283 g/mol. The second-order valence-corrected chi connectivity index (χ2v) is 6.05. The molecule has 0 unspecified atom stereocenters. The fourth-order valence-corrected chi connectivity index (χ4v) is 3.41. The number of anilines is 1. The molecule has 3 nitrogen and oxygen atoms in total. The molecule has 1 aliphatic heterocycles. The number of aromatic nitrogens is 2. The zero-order valence-electron chi connectivity index (χ0n) is 8.96. The van der Waals surface area contributed by atoms with Crippen LogP contribution in [-0.2, 0) is 6.18 Å². The standard InChI is InChI=1S/C9H12F3N3S2/c10-9(11,12)7-14-15-8(17-7)13-5-6-1-3-16-4-2-6/h6H,1-5H2,(H,13,15). The summed E-state index contributed by atoms with van der Waals surface area (Å²) >= 11 is 2.49. The third-order valence-electron chi connectivity index (χ3n) is 2.55. The summed E-state index contributed by atoms with van der Waals surface area (Å²) < 4.78 is 36.8. The van der Waals surface area contributed by atoms with Crippen molar-refractivity contribution >= 4 is 28.2 Å². The number of rotatable bonds is 3. The van der Waals surface area contributed by atoms with Crippen LogP contribution in [0.15, 0.2) is 0 Å². The van der Waals surface area contributed by atoms with Gasteiger partial charge < -0.3 is 5.32 Å². The first-order valence-corrected chi connectivity index (χ1v) is 7.25. The monoisotopic (exact) mass is 283 g/mol. The van der Waals surface area contributed by atoms with Crippen LogP contribution in [0.4, 0.5) is 18.3 Å². The molecular formula is C9H12F3N3S2. The van der Waals surface area contributed by atoms with Crippen LogP contribution in [0.2, 0.25) is 0 Å². The molecule has 0 saturated carbocycles. The molecule has 0 bridgehead atoms. The summed E-state index contributed by atoms with van der Waals surface area (Å²) in [5.74, 6) is 2.81. The first kappa shape index (κ1) is 12.9. The van der Waals surface area contributed by atoms with Crippen molar-refractivity contribution in [3.05, 3.63) is 5.01 Å². The van der Waals surface area contributed by atoms with Crippen molar-refractivity contribution in [2.45, 2.75) is 19.0 Å². The highest BCUT2D eigenvalue weighted by molar-refractivity contribution is 7.99. The third kappa shape index (κ3) is 3.74. The van der Waals surface area contributed by atoms with Crippen molar-refractivity contribution in [3.8, 4) is 0 Å². The zero-order valence-corrected chi connectivity index (χ0v) is 10.6. The van der Waals surface area contributed by atoms with E-state index < -0.39 is 11.2 Å². The molecule has 1 fully saturated rings. The average Bonchev–Trinajstić information content (AvgIpc) is 2.76. The van der Waals surface area contributed by atoms with E-state index in [4.69, 9.17) is 0 Å². The molecule has 0 aliphatic carbocycles. The topological polar surface area (TPSA) is 37.8 Å². The molecule has 1 aromatic rings. The van der Waals surface area contributed by atoms with Crippen LogP contribution in [0.3, 0.4) is 0 Å². The molecule has 2 heterocycles. The summed E-state index contributed by atoms with van der Waals surface area (Å²) in [5, 5.41) is 8.94. The summed E-state index contributed by atoms with van der Waals surface area (Å²) in [4.78, 5) is 0. The van der Waals surface area contributed by atoms with Crippen molar-refractivity contribution in [3.63, 3.8) is 0 Å². The van der Waals surface area contributed by atoms with Gasteiger partial charge in [0.25, 0.3) is 0 Å². The highest BCUT2D eigenvalue weighted by Crippen LogP contribution is 2.33. The lowest BCUT2D eigenvalue weighted by Crippen LogP contribution is -2.19. The van der Waals surface area contributed by atoms with Gasteiger partial charge in [0.15, 0.2) is 0 Å². The van der Waals surface area contributed by atoms with E-state index in [2.05, 4.69) is 15.5 Å². The van der Waals surface area contributed by atoms with Crippen LogP contribution in [0.25, 0.3) is 0 Å². The lowest BCUT2D eigenvalue weighted by Gasteiger charge is -2.20. The number of halogens is 3. The molecule has 0 amide bonds. The van der Waals surface area contributed by atoms with E-state index >= 15 is 0 Å². The van der Waals surface area contributed by atoms with Crippen molar-refractivity contribution in [1.29, 1.82) is 0 Å². The molecule has 0 radical (unpaired) electrons. The summed E-state index contributed by atoms with van der Waals surface area (Å²) in [6.07, 6.45) is -2.16. The van der Waals surface area contributed by atoms with Crippen LogP contribution in [-0.4, -0.2) is 28.2 Å². The third-order valence-corrected chi connectivity index (χ3v) is 4.52. The Hall–Kier alpha value is -0.500. The number of hydrogen-bond donors (Lipinski definition) is 1. The smallest absolute Gasteiger partial charge is 0.360 e. The molecule has 8 heteroatoms. The van der Waals surface area contributed by atoms with E-state index in [-0.39, 0.29) is 5.13 Å². The van der Waals surface area contributed by atoms with Gasteiger partial charge in [-0.3, -0.25) is 0 Å². The Morgan fingerprint density at radius 3 is 2.53 bits per heavy atom. The summed E-state index contributed by atoms with van der Waals surface area (Å²) in [6.45, 7) is 0.688. The zero-order chi connectivity index (χ0) is 12.3. The van der Waals surface area contributed by atoms with Gasteiger partial charge >= 0.3 is 6.18 Å². The predicted molar refractivity (Wildman–Crippen MR) is 63.4 cm³/mol. The largest absolute Gasteiger partial charge is 0.445 e. The Labute approximate surface area is 105 Å². The molecule has 17 heavy (non-hydrogen) atoms. The maximum atomic E-state index is 12.3. The molecule has 1 saturated heterocycles. The van der Waals surface area contributed by atoms with Gasteiger partial charge in [-0.15, -0.1) is 10.2 Å². The van der Waals surface area contributed by atoms with Crippen molar-refractivity contribution in [1.82, 2.24) is 10.2 Å². The van der Waals surface area contributed by atoms with E-state index in [0.717, 1.165) is 24.3 Å². The second-order valence-electron chi connectivity index (χ2n) is 3.85. The van der Waals surface area contributed by atoms with Crippen LogP contribution in [0, 0.1) is 5.92 Å². The van der Waals surface area contributed by atoms with Crippen LogP contribution >= 0.6 is 23.1 Å². The Morgan fingerprint density at radius 1 is 1.24 bits per heavy atom. The summed E-state index contributed by atoms with van der Waals surface area (Å²) in [5.41, 5.74) is 0. The molecule has 96 valence electrons. The second kappa shape index (κ2) is 5.43. The summed E-state index contributed by atoms with van der Waals surface area (Å²) in [7, 11) is 0. The van der Waals surface area contributed by atoms with E-state index in [1.807, 2.05) is 11.8 Å². The Kier molecular flexibility index (Phi) is 4.13. The van der Waals surface area contributed by atoms with Crippen molar-refractivity contribution in [2.75, 3.05) is 23.4 Å². The lowest BCUT2D eigenvalue weighted by atomic mass is 10.0. The van der Waals surface area contributed by atoms with Crippen molar-refractivity contribution < 1.29 is 13.2 Å². The van der Waals surface area contributed by atoms with Gasteiger partial charge in [-0.25, -0.2) is 0 Å². The molecule has 1 aromatic heterocycles. The SMILES string of the molecule is FC(F)(F)c1nnc(NCC2CCSCC2)s1. The molecule has 1 aliphatic rings. The molecule has 1 N–H and O–H groups in total.